The second kappa shape index (κ2) is 14.0. The van der Waals surface area contributed by atoms with Crippen LogP contribution in [0.2, 0.25) is 5.02 Å². The van der Waals surface area contributed by atoms with Gasteiger partial charge in [-0.3, -0.25) is 19.2 Å². The van der Waals surface area contributed by atoms with E-state index in [-0.39, 0.29) is 29.3 Å². The number of hydrogen-bond acceptors (Lipinski definition) is 10. The van der Waals surface area contributed by atoms with E-state index in [1.54, 1.807) is 58.3 Å². The summed E-state index contributed by atoms with van der Waals surface area (Å²) in [5, 5.41) is 29.0. The van der Waals surface area contributed by atoms with Gasteiger partial charge in [0.15, 0.2) is 23.0 Å². The zero-order valence-corrected chi connectivity index (χ0v) is 28.8. The Bertz CT molecular complexity index is 2210. The Morgan fingerprint density at radius 3 is 1.69 bits per heavy atom. The Kier molecular flexibility index (Phi) is 9.97. The third-order valence-corrected chi connectivity index (χ3v) is 8.64. The normalized spacial score (nSPS) is 19.5. The van der Waals surface area contributed by atoms with E-state index < -0.39 is 34.8 Å². The highest BCUT2D eigenvalue weighted by atomic mass is 35.5. The van der Waals surface area contributed by atoms with Crippen molar-refractivity contribution in [1.29, 1.82) is 0 Å². The van der Waals surface area contributed by atoms with Crippen LogP contribution in [0, 0.1) is 37.5 Å². The van der Waals surface area contributed by atoms with Gasteiger partial charge in [0.05, 0.1) is 10.7 Å². The number of nitrogens with two attached hydrogens (primary N) is 2. The van der Waals surface area contributed by atoms with Gasteiger partial charge in [-0.05, 0) is 44.2 Å². The fraction of sp³-hybridized carbons (Fsp3) is 0.294. The number of carbonyl (C=O) groups excluding carboxylic acids is 4. The van der Waals surface area contributed by atoms with E-state index in [2.05, 4.69) is 43.8 Å². The number of primary amides is 2. The first-order valence-electron chi connectivity index (χ1n) is 15.4. The molecule has 2 aliphatic rings. The molecule has 2 saturated heterocycles. The molecule has 0 radical (unpaired) electrons. The first-order chi connectivity index (χ1) is 24.0. The maximum Gasteiger partial charge on any atom is 0.270 e. The first kappa shape index (κ1) is 36.2. The molecular formula is C34H33ClN10O6. The van der Waals surface area contributed by atoms with Crippen molar-refractivity contribution in [3.8, 4) is 35.3 Å². The van der Waals surface area contributed by atoms with Crippen molar-refractivity contribution in [1.82, 2.24) is 39.3 Å². The van der Waals surface area contributed by atoms with Crippen molar-refractivity contribution in [2.24, 2.45) is 11.5 Å². The van der Waals surface area contributed by atoms with Gasteiger partial charge in [-0.25, -0.2) is 19.3 Å². The summed E-state index contributed by atoms with van der Waals surface area (Å²) in [7, 11) is 3.25. The first-order valence-corrected chi connectivity index (χ1v) is 15.8. The molecule has 2 aliphatic heterocycles. The predicted molar refractivity (Wildman–Crippen MR) is 182 cm³/mol. The highest BCUT2D eigenvalue weighted by Crippen LogP contribution is 2.24. The van der Waals surface area contributed by atoms with Crippen molar-refractivity contribution < 1.29 is 29.4 Å². The molecule has 262 valence electrons. The average molecular weight is 713 g/mol. The lowest BCUT2D eigenvalue weighted by Gasteiger charge is -2.13. The van der Waals surface area contributed by atoms with E-state index in [4.69, 9.17) is 23.1 Å². The molecule has 0 bridgehead atoms. The van der Waals surface area contributed by atoms with Crippen molar-refractivity contribution in [3.05, 3.63) is 81.7 Å². The van der Waals surface area contributed by atoms with Gasteiger partial charge in [0.25, 0.3) is 23.6 Å². The standard InChI is InChI=1S/C17H16ClN5O3.C17H17N5O3/c1-10-13(18)14(15(19)24)21-23(10)12-9-11(4-7-20-12)3-5-17(26)6-8-22(2)16(17)25;1-11-9-13(15(18)23)20-22(11)14-10-12(4-7-19-14)3-5-17(25)6-8-21(2)16(17)24/h4,7,9,26H,6,8H2,1-2H3,(H2,19,24);4,7,9-10,25H,6,8H2,1-2H3,(H2,18,23)/t2*17-/m00/s1. The maximum atomic E-state index is 12.0. The summed E-state index contributed by atoms with van der Waals surface area (Å²) in [6.07, 6.45) is 3.57. The van der Waals surface area contributed by atoms with E-state index in [1.165, 1.54) is 31.6 Å². The molecule has 4 amide bonds. The van der Waals surface area contributed by atoms with Crippen LogP contribution in [0.1, 0.15) is 56.3 Å². The minimum Gasteiger partial charge on any atom is -0.369 e. The predicted octanol–water partition coefficient (Wildman–Crippen LogP) is -0.108. The Labute approximate surface area is 297 Å². The van der Waals surface area contributed by atoms with Crippen LogP contribution in [0.15, 0.2) is 42.7 Å². The van der Waals surface area contributed by atoms with Crippen molar-refractivity contribution >= 4 is 35.2 Å². The van der Waals surface area contributed by atoms with E-state index in [0.29, 0.717) is 47.2 Å². The van der Waals surface area contributed by atoms with Crippen LogP contribution in [-0.4, -0.2) is 112 Å². The summed E-state index contributed by atoms with van der Waals surface area (Å²) in [5.41, 5.74) is 9.55. The molecule has 0 spiro atoms. The number of nitrogens with zero attached hydrogens (tertiary/aromatic N) is 8. The molecular weight excluding hydrogens is 680 g/mol. The maximum absolute atomic E-state index is 12.0. The Morgan fingerprint density at radius 1 is 0.804 bits per heavy atom. The van der Waals surface area contributed by atoms with Gasteiger partial charge in [0, 0.05) is 69.2 Å². The summed E-state index contributed by atoms with van der Waals surface area (Å²) >= 11 is 6.08. The fourth-order valence-electron chi connectivity index (χ4n) is 5.21. The molecule has 2 fully saturated rings. The highest BCUT2D eigenvalue weighted by molar-refractivity contribution is 6.34. The van der Waals surface area contributed by atoms with Gasteiger partial charge >= 0.3 is 0 Å². The highest BCUT2D eigenvalue weighted by Gasteiger charge is 2.43. The van der Waals surface area contributed by atoms with E-state index in [1.807, 2.05) is 0 Å². The molecule has 16 nitrogen and oxygen atoms in total. The molecule has 6 rings (SSSR count). The number of aliphatic hydroxyl groups is 2. The Morgan fingerprint density at radius 2 is 1.29 bits per heavy atom. The number of halogens is 1. The summed E-state index contributed by atoms with van der Waals surface area (Å²) in [6.45, 7) is 4.37. The van der Waals surface area contributed by atoms with Gasteiger partial charge in [0.2, 0.25) is 11.2 Å². The van der Waals surface area contributed by atoms with Crippen LogP contribution < -0.4 is 11.5 Å². The molecule has 0 unspecified atom stereocenters. The van der Waals surface area contributed by atoms with Crippen LogP contribution in [0.3, 0.4) is 0 Å². The number of hydrogen-bond donors (Lipinski definition) is 4. The topological polar surface area (TPSA) is 229 Å². The van der Waals surface area contributed by atoms with Crippen molar-refractivity contribution in [2.45, 2.75) is 37.9 Å². The Balaban J connectivity index is 0.000000198. The number of aryl methyl sites for hydroxylation is 1. The number of rotatable bonds is 4. The molecule has 2 atom stereocenters. The van der Waals surface area contributed by atoms with Crippen LogP contribution >= 0.6 is 11.6 Å². The molecule has 51 heavy (non-hydrogen) atoms. The summed E-state index contributed by atoms with van der Waals surface area (Å²) in [6, 6.07) is 8.14. The second-order valence-electron chi connectivity index (χ2n) is 12.0. The third kappa shape index (κ3) is 7.43. The number of pyridine rings is 2. The molecule has 0 saturated carbocycles. The number of likely N-dealkylation sites (N-methyl/N-ethyl adjacent to an activating group) is 2. The zero-order chi connectivity index (χ0) is 37.2. The molecule has 4 aromatic heterocycles. The van der Waals surface area contributed by atoms with Gasteiger partial charge in [-0.2, -0.15) is 10.2 Å². The van der Waals surface area contributed by atoms with Crippen LogP contribution in [0.4, 0.5) is 0 Å². The van der Waals surface area contributed by atoms with Crippen molar-refractivity contribution in [3.63, 3.8) is 0 Å². The molecule has 6 heterocycles. The molecule has 0 aliphatic carbocycles. The number of carbonyl (C=O) groups is 4. The number of likely N-dealkylation sites (tertiary alicyclic amines) is 2. The van der Waals surface area contributed by atoms with Crippen LogP contribution in [-0.2, 0) is 9.59 Å². The smallest absolute Gasteiger partial charge is 0.270 e. The monoisotopic (exact) mass is 712 g/mol. The summed E-state index contributed by atoms with van der Waals surface area (Å²) in [5.74, 6) is 9.57. The minimum atomic E-state index is -1.68. The average Bonchev–Trinajstić information content (AvgIpc) is 3.80. The second-order valence-corrected chi connectivity index (χ2v) is 12.3. The van der Waals surface area contributed by atoms with Gasteiger partial charge in [0.1, 0.15) is 0 Å². The SMILES string of the molecule is Cc1c(Cl)c(C(N)=O)nn1-c1cc(C#C[C@]2(O)CCN(C)C2=O)ccn1.Cc1cc(C(N)=O)nn1-c1cc(C#C[C@]2(O)CCN(C)C2=O)ccn1. The van der Waals surface area contributed by atoms with E-state index in [0.717, 1.165) is 0 Å². The fourth-order valence-corrected chi connectivity index (χ4v) is 5.42. The largest absolute Gasteiger partial charge is 0.369 e. The summed E-state index contributed by atoms with van der Waals surface area (Å²) in [4.78, 5) is 57.8. The van der Waals surface area contributed by atoms with Crippen LogP contribution in [0.25, 0.3) is 11.6 Å². The van der Waals surface area contributed by atoms with E-state index in [9.17, 15) is 29.4 Å². The summed E-state index contributed by atoms with van der Waals surface area (Å²) < 4.78 is 2.87. The van der Waals surface area contributed by atoms with E-state index >= 15 is 0 Å². The molecule has 6 N–H and O–H groups in total. The van der Waals surface area contributed by atoms with Gasteiger partial charge < -0.3 is 31.5 Å². The molecule has 0 aromatic carbocycles. The van der Waals surface area contributed by atoms with Gasteiger partial charge in [-0.15, -0.1) is 0 Å². The lowest BCUT2D eigenvalue weighted by Crippen LogP contribution is -2.37. The number of amides is 4. The number of aromatic nitrogens is 6. The lowest BCUT2D eigenvalue weighted by molar-refractivity contribution is -0.138. The van der Waals surface area contributed by atoms with Crippen LogP contribution in [0.5, 0.6) is 0 Å². The minimum absolute atomic E-state index is 0.0450. The Hall–Kier alpha value is -6.07. The zero-order valence-electron chi connectivity index (χ0n) is 28.0. The lowest BCUT2D eigenvalue weighted by atomic mass is 10.0. The molecule has 4 aromatic rings. The third-order valence-electron chi connectivity index (χ3n) is 8.19. The van der Waals surface area contributed by atoms with Crippen molar-refractivity contribution in [2.75, 3.05) is 27.2 Å². The van der Waals surface area contributed by atoms with Gasteiger partial charge in [-0.1, -0.05) is 35.3 Å². The molecule has 17 heteroatoms. The quantitative estimate of drug-likeness (QED) is 0.205.